The molecular formula is C14H13NO2S. The molecule has 3 nitrogen and oxygen atoms in total. The number of nitrogens with zero attached hydrogens (tertiary/aromatic N) is 1. The summed E-state index contributed by atoms with van der Waals surface area (Å²) >= 11 is 0. The predicted octanol–water partition coefficient (Wildman–Crippen LogP) is 3.05. The van der Waals surface area contributed by atoms with Crippen molar-refractivity contribution in [1.29, 1.82) is 0 Å². The quantitative estimate of drug-likeness (QED) is 0.795. The number of benzene rings is 2. The number of sulfonamides is 1. The molecule has 0 N–H and O–H groups in total. The van der Waals surface area contributed by atoms with E-state index in [1.54, 1.807) is 12.1 Å². The Bertz CT molecular complexity index is 676. The smallest absolute Gasteiger partial charge is 0.199 e. The van der Waals surface area contributed by atoms with Crippen molar-refractivity contribution in [1.82, 2.24) is 0 Å². The third-order valence-electron chi connectivity index (χ3n) is 2.74. The summed E-state index contributed by atoms with van der Waals surface area (Å²) in [7, 11) is -3.69. The lowest BCUT2D eigenvalue weighted by atomic mass is 10.0. The topological polar surface area (TPSA) is 46.5 Å². The van der Waals surface area contributed by atoms with E-state index < -0.39 is 10.0 Å². The zero-order valence-electron chi connectivity index (χ0n) is 10.00. The SMILES string of the molecule is C=NS(=O)(=O)c1cccc(C)c1-c1ccccc1. The Morgan fingerprint density at radius 3 is 2.28 bits per heavy atom. The van der Waals surface area contributed by atoms with Gasteiger partial charge >= 0.3 is 0 Å². The van der Waals surface area contributed by atoms with Crippen LogP contribution in [0.4, 0.5) is 0 Å². The molecule has 4 heteroatoms. The molecule has 2 aromatic carbocycles. The van der Waals surface area contributed by atoms with E-state index in [1.807, 2.05) is 43.3 Å². The van der Waals surface area contributed by atoms with Crippen LogP contribution >= 0.6 is 0 Å². The second kappa shape index (κ2) is 4.74. The molecule has 0 heterocycles. The van der Waals surface area contributed by atoms with Crippen LogP contribution < -0.4 is 0 Å². The fourth-order valence-corrected chi connectivity index (χ4v) is 2.83. The minimum atomic E-state index is -3.69. The van der Waals surface area contributed by atoms with Crippen molar-refractivity contribution in [3.8, 4) is 11.1 Å². The van der Waals surface area contributed by atoms with Gasteiger partial charge in [0.1, 0.15) is 0 Å². The van der Waals surface area contributed by atoms with Crippen LogP contribution in [0.25, 0.3) is 11.1 Å². The van der Waals surface area contributed by atoms with Crippen LogP contribution in [-0.4, -0.2) is 15.1 Å². The Morgan fingerprint density at radius 1 is 1.00 bits per heavy atom. The highest BCUT2D eigenvalue weighted by molar-refractivity contribution is 7.90. The van der Waals surface area contributed by atoms with Crippen molar-refractivity contribution in [2.45, 2.75) is 11.8 Å². The third kappa shape index (κ3) is 2.19. The van der Waals surface area contributed by atoms with Crippen molar-refractivity contribution in [2.24, 2.45) is 4.40 Å². The van der Waals surface area contributed by atoms with Gasteiger partial charge in [-0.3, -0.25) is 0 Å². The van der Waals surface area contributed by atoms with Gasteiger partial charge in [-0.2, -0.15) is 12.8 Å². The first-order valence-electron chi connectivity index (χ1n) is 5.44. The summed E-state index contributed by atoms with van der Waals surface area (Å²) in [5.41, 5.74) is 2.44. The van der Waals surface area contributed by atoms with Crippen molar-refractivity contribution >= 4 is 16.7 Å². The highest BCUT2D eigenvalue weighted by Gasteiger charge is 2.18. The largest absolute Gasteiger partial charge is 0.282 e. The molecule has 0 saturated carbocycles. The number of aryl methyl sites for hydroxylation is 1. The Kier molecular flexibility index (Phi) is 3.30. The van der Waals surface area contributed by atoms with Crippen LogP contribution in [0, 0.1) is 6.92 Å². The van der Waals surface area contributed by atoms with Gasteiger partial charge in [0.15, 0.2) is 0 Å². The zero-order chi connectivity index (χ0) is 13.2. The van der Waals surface area contributed by atoms with E-state index in [0.29, 0.717) is 5.56 Å². The molecule has 0 spiro atoms. The van der Waals surface area contributed by atoms with Crippen LogP contribution in [0.1, 0.15) is 5.56 Å². The lowest BCUT2D eigenvalue weighted by Gasteiger charge is -2.11. The molecule has 0 aliphatic heterocycles. The molecule has 0 fully saturated rings. The van der Waals surface area contributed by atoms with Crippen molar-refractivity contribution < 1.29 is 8.42 Å². The molecular weight excluding hydrogens is 246 g/mol. The van der Waals surface area contributed by atoms with Gasteiger partial charge in [-0.1, -0.05) is 42.5 Å². The summed E-state index contributed by atoms with van der Waals surface area (Å²) in [6.45, 7) is 5.01. The molecule has 0 atom stereocenters. The van der Waals surface area contributed by atoms with Gasteiger partial charge in [0.2, 0.25) is 0 Å². The van der Waals surface area contributed by atoms with E-state index in [1.165, 1.54) is 0 Å². The molecule has 2 aromatic rings. The van der Waals surface area contributed by atoms with Gasteiger partial charge in [0, 0.05) is 12.3 Å². The number of rotatable bonds is 3. The first-order valence-corrected chi connectivity index (χ1v) is 6.88. The summed E-state index contributed by atoms with van der Waals surface area (Å²) in [6.07, 6.45) is 0. The average Bonchev–Trinajstić information content (AvgIpc) is 2.39. The summed E-state index contributed by atoms with van der Waals surface area (Å²) in [4.78, 5) is 0.198. The Balaban J connectivity index is 2.79. The lowest BCUT2D eigenvalue weighted by Crippen LogP contribution is -2.00. The van der Waals surface area contributed by atoms with Crippen molar-refractivity contribution in [2.75, 3.05) is 0 Å². The van der Waals surface area contributed by atoms with Crippen LogP contribution in [0.15, 0.2) is 57.8 Å². The first kappa shape index (κ1) is 12.5. The van der Waals surface area contributed by atoms with Crippen LogP contribution in [-0.2, 0) is 10.0 Å². The lowest BCUT2D eigenvalue weighted by molar-refractivity contribution is 0.598. The molecule has 2 rings (SSSR count). The minimum Gasteiger partial charge on any atom is -0.199 e. The van der Waals surface area contributed by atoms with Crippen molar-refractivity contribution in [3.63, 3.8) is 0 Å². The molecule has 0 bridgehead atoms. The molecule has 0 unspecified atom stereocenters. The van der Waals surface area contributed by atoms with Crippen molar-refractivity contribution in [3.05, 3.63) is 54.1 Å². The van der Waals surface area contributed by atoms with Crippen LogP contribution in [0.3, 0.4) is 0 Å². The van der Waals surface area contributed by atoms with E-state index in [9.17, 15) is 8.42 Å². The van der Waals surface area contributed by atoms with Gasteiger partial charge in [-0.05, 0) is 24.1 Å². The predicted molar refractivity (Wildman–Crippen MR) is 73.3 cm³/mol. The summed E-state index contributed by atoms with van der Waals surface area (Å²) in [5.74, 6) is 0. The highest BCUT2D eigenvalue weighted by Crippen LogP contribution is 2.31. The maximum absolute atomic E-state index is 11.9. The summed E-state index contributed by atoms with van der Waals surface area (Å²) in [5, 5.41) is 0. The van der Waals surface area contributed by atoms with Crippen LogP contribution in [0.2, 0.25) is 0 Å². The third-order valence-corrected chi connectivity index (χ3v) is 3.98. The van der Waals surface area contributed by atoms with Crippen LogP contribution in [0.5, 0.6) is 0 Å². The number of hydrogen-bond donors (Lipinski definition) is 0. The first-order chi connectivity index (χ1) is 8.56. The molecule has 0 aromatic heterocycles. The van der Waals surface area contributed by atoms with Gasteiger partial charge in [0.05, 0.1) is 4.90 Å². The van der Waals surface area contributed by atoms with Gasteiger partial charge < -0.3 is 0 Å². The van der Waals surface area contributed by atoms with Gasteiger partial charge in [-0.25, -0.2) is 0 Å². The Hall–Kier alpha value is -1.94. The molecule has 92 valence electrons. The second-order valence-electron chi connectivity index (χ2n) is 3.92. The Morgan fingerprint density at radius 2 is 1.67 bits per heavy atom. The van der Waals surface area contributed by atoms with Gasteiger partial charge in [-0.15, -0.1) is 0 Å². The minimum absolute atomic E-state index is 0.198. The van der Waals surface area contributed by atoms with E-state index >= 15 is 0 Å². The van der Waals surface area contributed by atoms with E-state index in [2.05, 4.69) is 11.1 Å². The number of hydrogen-bond acceptors (Lipinski definition) is 2. The average molecular weight is 259 g/mol. The van der Waals surface area contributed by atoms with E-state index in [0.717, 1.165) is 11.1 Å². The molecule has 0 saturated heterocycles. The normalized spacial score (nSPS) is 11.2. The highest BCUT2D eigenvalue weighted by atomic mass is 32.2. The fraction of sp³-hybridized carbons (Fsp3) is 0.0714. The molecule has 0 aliphatic rings. The van der Waals surface area contributed by atoms with E-state index in [-0.39, 0.29) is 4.90 Å². The maximum atomic E-state index is 11.9. The molecule has 0 radical (unpaired) electrons. The Labute approximate surface area is 107 Å². The maximum Gasteiger partial charge on any atom is 0.282 e. The standard InChI is InChI=1S/C14H13NO2S/c1-11-7-6-10-13(18(16,17)15-2)14(11)12-8-4-3-5-9-12/h3-10H,2H2,1H3. The summed E-state index contributed by atoms with van der Waals surface area (Å²) in [6, 6.07) is 14.5. The zero-order valence-corrected chi connectivity index (χ0v) is 10.8. The monoisotopic (exact) mass is 259 g/mol. The molecule has 0 amide bonds. The van der Waals surface area contributed by atoms with E-state index in [4.69, 9.17) is 0 Å². The molecule has 18 heavy (non-hydrogen) atoms. The van der Waals surface area contributed by atoms with Gasteiger partial charge in [0.25, 0.3) is 10.0 Å². The fourth-order valence-electron chi connectivity index (χ4n) is 1.90. The second-order valence-corrected chi connectivity index (χ2v) is 5.57. The summed E-state index contributed by atoms with van der Waals surface area (Å²) < 4.78 is 27.1. The molecule has 0 aliphatic carbocycles.